The summed E-state index contributed by atoms with van der Waals surface area (Å²) in [6.45, 7) is 5.93. The zero-order valence-electron chi connectivity index (χ0n) is 18.6. The lowest BCUT2D eigenvalue weighted by atomic mass is 10.1. The SMILES string of the molecule is CC1O[C@@]2(CN1c1cc(F)ccc1N1CC3C(COC4CCCCO4)[C@@H]3C1)Oc1nocc12. The highest BCUT2D eigenvalue weighted by molar-refractivity contribution is 5.73. The van der Waals surface area contributed by atoms with Gasteiger partial charge < -0.3 is 33.3 Å². The first-order valence-corrected chi connectivity index (χ1v) is 12.0. The molecule has 9 heteroatoms. The number of nitrogens with zero attached hydrogens (tertiary/aromatic N) is 3. The summed E-state index contributed by atoms with van der Waals surface area (Å²) in [5, 5.41) is 3.82. The van der Waals surface area contributed by atoms with Gasteiger partial charge in [0.15, 0.2) is 6.29 Å². The first-order valence-electron chi connectivity index (χ1n) is 12.0. The van der Waals surface area contributed by atoms with E-state index < -0.39 is 5.79 Å². The van der Waals surface area contributed by atoms with Crippen LogP contribution in [0.4, 0.5) is 15.8 Å². The van der Waals surface area contributed by atoms with E-state index in [2.05, 4.69) is 15.0 Å². The molecule has 1 saturated carbocycles. The molecular formula is C24H28FN3O5. The van der Waals surface area contributed by atoms with Crippen LogP contribution in [-0.4, -0.2) is 50.5 Å². The topological polar surface area (TPSA) is 69.4 Å². The number of aromatic nitrogens is 1. The number of benzene rings is 1. The molecule has 0 bridgehead atoms. The number of ether oxygens (including phenoxy) is 4. The highest BCUT2D eigenvalue weighted by Crippen LogP contribution is 2.55. The number of rotatable bonds is 5. The number of hydrogen-bond donors (Lipinski definition) is 0. The second-order valence-electron chi connectivity index (χ2n) is 9.89. The molecule has 4 fully saturated rings. The molecule has 4 unspecified atom stereocenters. The fourth-order valence-electron chi connectivity index (χ4n) is 6.08. The van der Waals surface area contributed by atoms with Gasteiger partial charge in [-0.1, -0.05) is 0 Å². The van der Waals surface area contributed by atoms with E-state index in [4.69, 9.17) is 23.5 Å². The number of anilines is 2. The zero-order chi connectivity index (χ0) is 22.2. The maximum absolute atomic E-state index is 14.3. The highest BCUT2D eigenvalue weighted by atomic mass is 19.1. The van der Waals surface area contributed by atoms with Crippen LogP contribution < -0.4 is 14.5 Å². The number of fused-ring (bicyclic) bond motifs is 3. The average Bonchev–Trinajstić information content (AvgIpc) is 3.19. The van der Waals surface area contributed by atoms with Gasteiger partial charge in [0.1, 0.15) is 23.9 Å². The van der Waals surface area contributed by atoms with Crippen molar-refractivity contribution in [1.82, 2.24) is 5.16 Å². The second-order valence-corrected chi connectivity index (χ2v) is 9.89. The van der Waals surface area contributed by atoms with Crippen molar-refractivity contribution in [3.63, 3.8) is 0 Å². The van der Waals surface area contributed by atoms with Gasteiger partial charge in [-0.15, -0.1) is 0 Å². The van der Waals surface area contributed by atoms with Crippen LogP contribution in [-0.2, 0) is 20.0 Å². The lowest BCUT2D eigenvalue weighted by molar-refractivity contribution is -0.202. The zero-order valence-corrected chi connectivity index (χ0v) is 18.6. The summed E-state index contributed by atoms with van der Waals surface area (Å²) >= 11 is 0. The maximum atomic E-state index is 14.3. The van der Waals surface area contributed by atoms with Gasteiger partial charge in [0, 0.05) is 19.7 Å². The predicted octanol–water partition coefficient (Wildman–Crippen LogP) is 3.47. The Hall–Kier alpha value is -2.36. The van der Waals surface area contributed by atoms with Crippen molar-refractivity contribution in [3.8, 4) is 5.88 Å². The Balaban J connectivity index is 1.05. The summed E-state index contributed by atoms with van der Waals surface area (Å²) in [5.74, 6) is 1.16. The monoisotopic (exact) mass is 457 g/mol. The van der Waals surface area contributed by atoms with E-state index >= 15 is 0 Å². The molecule has 0 radical (unpaired) electrons. The Morgan fingerprint density at radius 3 is 2.88 bits per heavy atom. The lowest BCUT2D eigenvalue weighted by Gasteiger charge is -2.34. The minimum atomic E-state index is -0.894. The summed E-state index contributed by atoms with van der Waals surface area (Å²) in [4.78, 5) is 4.45. The Kier molecular flexibility index (Phi) is 4.45. The Morgan fingerprint density at radius 2 is 2.09 bits per heavy atom. The molecule has 1 aromatic carbocycles. The summed E-state index contributed by atoms with van der Waals surface area (Å²) in [7, 11) is 0. The van der Waals surface area contributed by atoms with Crippen LogP contribution in [0.15, 0.2) is 29.0 Å². The molecule has 7 rings (SSSR count). The van der Waals surface area contributed by atoms with E-state index in [0.29, 0.717) is 30.2 Å². The van der Waals surface area contributed by atoms with Gasteiger partial charge >= 0.3 is 0 Å². The quantitative estimate of drug-likeness (QED) is 0.676. The second kappa shape index (κ2) is 7.32. The molecule has 1 aromatic heterocycles. The summed E-state index contributed by atoms with van der Waals surface area (Å²) < 4.78 is 43.1. The molecule has 0 amide bonds. The Morgan fingerprint density at radius 1 is 1.21 bits per heavy atom. The van der Waals surface area contributed by atoms with Gasteiger partial charge in [-0.3, -0.25) is 0 Å². The number of halogens is 1. The molecule has 5 aliphatic rings. The first-order chi connectivity index (χ1) is 16.1. The van der Waals surface area contributed by atoms with Crippen LogP contribution in [0.25, 0.3) is 0 Å². The molecule has 8 nitrogen and oxygen atoms in total. The third-order valence-electron chi connectivity index (χ3n) is 7.96. The standard InChI is InChI=1S/C24H28FN3O5/c1-14-28(13-24(32-14)19-12-31-26-23(19)33-24)21-8-15(25)5-6-20(21)27-9-16-17(10-27)18(16)11-30-22-4-2-3-7-29-22/h5-6,8,12,14,16-18,22H,2-4,7,9-11,13H2,1H3/t14?,16-,17?,18?,22?,24+/m1/s1. The minimum absolute atomic E-state index is 0.0245. The molecular weight excluding hydrogens is 429 g/mol. The van der Waals surface area contributed by atoms with Crippen LogP contribution in [0.5, 0.6) is 5.88 Å². The highest BCUT2D eigenvalue weighted by Gasteiger charge is 2.59. The predicted molar refractivity (Wildman–Crippen MR) is 115 cm³/mol. The molecule has 1 spiro atoms. The van der Waals surface area contributed by atoms with Crippen molar-refractivity contribution in [2.45, 2.75) is 44.5 Å². The normalized spacial score (nSPS) is 36.5. The van der Waals surface area contributed by atoms with Gasteiger partial charge in [-0.05, 0) is 67.3 Å². The third kappa shape index (κ3) is 3.16. The Bertz CT molecular complexity index is 1050. The fourth-order valence-corrected chi connectivity index (χ4v) is 6.08. The third-order valence-corrected chi connectivity index (χ3v) is 7.96. The number of hydrogen-bond acceptors (Lipinski definition) is 8. The van der Waals surface area contributed by atoms with E-state index in [1.165, 1.54) is 6.42 Å². The summed E-state index contributed by atoms with van der Waals surface area (Å²) in [6, 6.07) is 5.03. The maximum Gasteiger partial charge on any atom is 0.267 e. The van der Waals surface area contributed by atoms with Crippen LogP contribution in [0.3, 0.4) is 0 Å². The molecule has 4 aliphatic heterocycles. The van der Waals surface area contributed by atoms with Crippen molar-refractivity contribution in [3.05, 3.63) is 35.8 Å². The van der Waals surface area contributed by atoms with Crippen molar-refractivity contribution < 1.29 is 27.9 Å². The van der Waals surface area contributed by atoms with Crippen LogP contribution in [0, 0.1) is 23.6 Å². The van der Waals surface area contributed by atoms with E-state index in [-0.39, 0.29) is 18.3 Å². The van der Waals surface area contributed by atoms with Crippen molar-refractivity contribution >= 4 is 11.4 Å². The summed E-state index contributed by atoms with van der Waals surface area (Å²) in [6.07, 6.45) is 4.59. The smallest absolute Gasteiger partial charge is 0.267 e. The molecule has 5 heterocycles. The van der Waals surface area contributed by atoms with Crippen molar-refractivity contribution in [2.75, 3.05) is 42.6 Å². The van der Waals surface area contributed by atoms with Gasteiger partial charge in [0.2, 0.25) is 0 Å². The first kappa shape index (κ1) is 20.1. The molecule has 3 saturated heterocycles. The van der Waals surface area contributed by atoms with Gasteiger partial charge in [-0.2, -0.15) is 0 Å². The van der Waals surface area contributed by atoms with Crippen molar-refractivity contribution in [2.24, 2.45) is 17.8 Å². The fraction of sp³-hybridized carbons (Fsp3) is 0.625. The van der Waals surface area contributed by atoms with Gasteiger partial charge in [-0.25, -0.2) is 4.39 Å². The lowest BCUT2D eigenvalue weighted by Crippen LogP contribution is -2.44. The minimum Gasteiger partial charge on any atom is -0.436 e. The van der Waals surface area contributed by atoms with E-state index in [1.54, 1.807) is 18.4 Å². The average molecular weight is 458 g/mol. The number of piperidine rings is 1. The molecule has 6 atom stereocenters. The molecule has 1 aliphatic carbocycles. The largest absolute Gasteiger partial charge is 0.436 e. The van der Waals surface area contributed by atoms with Crippen LogP contribution >= 0.6 is 0 Å². The van der Waals surface area contributed by atoms with E-state index in [0.717, 1.165) is 56.1 Å². The van der Waals surface area contributed by atoms with E-state index in [9.17, 15) is 4.39 Å². The van der Waals surface area contributed by atoms with Gasteiger partial charge in [0.25, 0.3) is 11.7 Å². The van der Waals surface area contributed by atoms with Crippen molar-refractivity contribution in [1.29, 1.82) is 0 Å². The van der Waals surface area contributed by atoms with E-state index in [1.807, 2.05) is 13.0 Å². The molecule has 2 aromatic rings. The van der Waals surface area contributed by atoms with Crippen LogP contribution in [0.2, 0.25) is 0 Å². The van der Waals surface area contributed by atoms with Crippen LogP contribution in [0.1, 0.15) is 31.7 Å². The van der Waals surface area contributed by atoms with Gasteiger partial charge in [0.05, 0.1) is 24.5 Å². The molecule has 176 valence electrons. The molecule has 33 heavy (non-hydrogen) atoms. The molecule has 0 N–H and O–H groups in total. The summed E-state index contributed by atoms with van der Waals surface area (Å²) in [5.41, 5.74) is 2.68. The Labute approximate surface area is 191 Å².